The van der Waals surface area contributed by atoms with Crippen molar-refractivity contribution in [2.24, 2.45) is 0 Å². The highest BCUT2D eigenvalue weighted by molar-refractivity contribution is 5.53. The van der Waals surface area contributed by atoms with Crippen molar-refractivity contribution >= 4 is 5.69 Å². The maximum absolute atomic E-state index is 9.14. The van der Waals surface area contributed by atoms with Crippen LogP contribution in [0.3, 0.4) is 0 Å². The van der Waals surface area contributed by atoms with Crippen LogP contribution in [0, 0.1) is 0 Å². The van der Waals surface area contributed by atoms with Gasteiger partial charge in [-0.15, -0.1) is 0 Å². The van der Waals surface area contributed by atoms with Crippen molar-refractivity contribution < 1.29 is 14.6 Å². The minimum Gasteiger partial charge on any atom is -0.497 e. The topological polar surface area (TPSA) is 50.7 Å². The Labute approximate surface area is 89.8 Å². The Morgan fingerprint density at radius 2 is 1.73 bits per heavy atom. The minimum absolute atomic E-state index is 0.387. The van der Waals surface area contributed by atoms with Crippen LogP contribution in [0.1, 0.15) is 6.92 Å². The van der Waals surface area contributed by atoms with Gasteiger partial charge in [0.05, 0.1) is 20.3 Å². The summed E-state index contributed by atoms with van der Waals surface area (Å²) in [5.74, 6) is 1.45. The van der Waals surface area contributed by atoms with E-state index in [4.69, 9.17) is 14.6 Å². The maximum atomic E-state index is 9.14. The third-order valence-corrected chi connectivity index (χ3v) is 1.95. The number of aliphatic hydroxyl groups is 1. The van der Waals surface area contributed by atoms with Crippen molar-refractivity contribution in [3.63, 3.8) is 0 Å². The van der Waals surface area contributed by atoms with Crippen LogP contribution in [0.4, 0.5) is 5.69 Å². The molecule has 84 valence electrons. The van der Waals surface area contributed by atoms with Gasteiger partial charge in [-0.1, -0.05) is 0 Å². The van der Waals surface area contributed by atoms with E-state index in [1.165, 1.54) is 0 Å². The summed E-state index contributed by atoms with van der Waals surface area (Å²) in [5.41, 5.74) is 0.868. The summed E-state index contributed by atoms with van der Waals surface area (Å²) in [6.45, 7) is 2.22. The van der Waals surface area contributed by atoms with E-state index in [1.54, 1.807) is 27.2 Å². The summed E-state index contributed by atoms with van der Waals surface area (Å²) in [5, 5.41) is 12.2. The van der Waals surface area contributed by atoms with Crippen molar-refractivity contribution in [3.8, 4) is 11.5 Å². The fraction of sp³-hybridized carbons (Fsp3) is 0.455. The fourth-order valence-electron chi connectivity index (χ4n) is 1.18. The third kappa shape index (κ3) is 3.67. The highest BCUT2D eigenvalue weighted by Gasteiger charge is 2.02. The highest BCUT2D eigenvalue weighted by Crippen LogP contribution is 2.25. The lowest BCUT2D eigenvalue weighted by Crippen LogP contribution is -2.15. The van der Waals surface area contributed by atoms with Gasteiger partial charge in [-0.25, -0.2) is 0 Å². The molecule has 4 nitrogen and oxygen atoms in total. The Bertz CT molecular complexity index is 290. The van der Waals surface area contributed by atoms with Crippen LogP contribution >= 0.6 is 0 Å². The Morgan fingerprint density at radius 1 is 1.20 bits per heavy atom. The molecule has 0 fully saturated rings. The first kappa shape index (κ1) is 11.7. The highest BCUT2D eigenvalue weighted by atomic mass is 16.5. The third-order valence-electron chi connectivity index (χ3n) is 1.95. The molecule has 0 aromatic heterocycles. The number of hydrogen-bond acceptors (Lipinski definition) is 4. The van der Waals surface area contributed by atoms with Gasteiger partial charge in [0.1, 0.15) is 11.5 Å². The molecule has 4 heteroatoms. The average Bonchev–Trinajstić information content (AvgIpc) is 2.25. The molecule has 2 N–H and O–H groups in total. The van der Waals surface area contributed by atoms with E-state index in [0.29, 0.717) is 6.54 Å². The number of anilines is 1. The van der Waals surface area contributed by atoms with Crippen LogP contribution in [0.2, 0.25) is 0 Å². The molecule has 0 amide bonds. The summed E-state index contributed by atoms with van der Waals surface area (Å²) in [6.07, 6.45) is -0.387. The van der Waals surface area contributed by atoms with Gasteiger partial charge in [0, 0.05) is 30.4 Å². The molecule has 0 aliphatic heterocycles. The van der Waals surface area contributed by atoms with Gasteiger partial charge in [-0.3, -0.25) is 0 Å². The van der Waals surface area contributed by atoms with E-state index in [9.17, 15) is 0 Å². The lowest BCUT2D eigenvalue weighted by Gasteiger charge is -2.11. The van der Waals surface area contributed by atoms with Gasteiger partial charge in [0.2, 0.25) is 0 Å². The molecule has 1 aromatic rings. The molecule has 0 aliphatic carbocycles. The molecule has 0 radical (unpaired) electrons. The zero-order chi connectivity index (χ0) is 11.3. The normalized spacial score (nSPS) is 12.0. The Balaban J connectivity index is 2.77. The van der Waals surface area contributed by atoms with Gasteiger partial charge in [-0.2, -0.15) is 0 Å². The van der Waals surface area contributed by atoms with Crippen LogP contribution < -0.4 is 14.8 Å². The van der Waals surface area contributed by atoms with Crippen molar-refractivity contribution in [3.05, 3.63) is 18.2 Å². The zero-order valence-electron chi connectivity index (χ0n) is 9.28. The van der Waals surface area contributed by atoms with Gasteiger partial charge in [0.25, 0.3) is 0 Å². The molecule has 0 heterocycles. The van der Waals surface area contributed by atoms with Crippen LogP contribution in [-0.2, 0) is 0 Å². The molecule has 0 spiro atoms. The predicted molar refractivity (Wildman–Crippen MR) is 59.7 cm³/mol. The Kier molecular flexibility index (Phi) is 4.24. The predicted octanol–water partition coefficient (Wildman–Crippen LogP) is 1.50. The molecule has 1 atom stereocenters. The number of aliphatic hydroxyl groups excluding tert-OH is 1. The molecule has 0 aliphatic rings. The number of nitrogens with one attached hydrogen (secondary N) is 1. The summed E-state index contributed by atoms with van der Waals surface area (Å²) in [6, 6.07) is 5.50. The van der Waals surface area contributed by atoms with E-state index in [-0.39, 0.29) is 6.10 Å². The van der Waals surface area contributed by atoms with E-state index in [0.717, 1.165) is 17.2 Å². The van der Waals surface area contributed by atoms with Crippen LogP contribution in [0.5, 0.6) is 11.5 Å². The molecular weight excluding hydrogens is 194 g/mol. The monoisotopic (exact) mass is 211 g/mol. The van der Waals surface area contributed by atoms with E-state index < -0.39 is 0 Å². The Hall–Kier alpha value is -1.42. The number of benzene rings is 1. The van der Waals surface area contributed by atoms with Crippen LogP contribution in [0.25, 0.3) is 0 Å². The number of rotatable bonds is 5. The molecule has 0 saturated heterocycles. The largest absolute Gasteiger partial charge is 0.497 e. The van der Waals surface area contributed by atoms with Gasteiger partial charge in [-0.05, 0) is 6.92 Å². The van der Waals surface area contributed by atoms with Crippen LogP contribution in [0.15, 0.2) is 18.2 Å². The van der Waals surface area contributed by atoms with Gasteiger partial charge in [0.15, 0.2) is 0 Å². The number of ether oxygens (including phenoxy) is 2. The van der Waals surface area contributed by atoms with E-state index >= 15 is 0 Å². The second-order valence-corrected chi connectivity index (χ2v) is 3.33. The first-order chi connectivity index (χ1) is 7.15. The quantitative estimate of drug-likeness (QED) is 0.775. The second kappa shape index (κ2) is 5.46. The van der Waals surface area contributed by atoms with Gasteiger partial charge < -0.3 is 19.9 Å². The number of methoxy groups -OCH3 is 2. The van der Waals surface area contributed by atoms with Gasteiger partial charge >= 0.3 is 0 Å². The zero-order valence-corrected chi connectivity index (χ0v) is 9.28. The SMILES string of the molecule is COc1cc(NCC(C)O)cc(OC)c1. The second-order valence-electron chi connectivity index (χ2n) is 3.33. The standard InChI is InChI=1S/C11H17NO3/c1-8(13)7-12-9-4-10(14-2)6-11(5-9)15-3/h4-6,8,12-13H,7H2,1-3H3. The Morgan fingerprint density at radius 3 is 2.13 bits per heavy atom. The molecule has 1 aromatic carbocycles. The molecule has 0 bridgehead atoms. The van der Waals surface area contributed by atoms with Crippen molar-refractivity contribution in [1.29, 1.82) is 0 Å². The summed E-state index contributed by atoms with van der Waals surface area (Å²) in [7, 11) is 3.21. The molecule has 0 saturated carbocycles. The summed E-state index contributed by atoms with van der Waals surface area (Å²) in [4.78, 5) is 0. The summed E-state index contributed by atoms with van der Waals surface area (Å²) >= 11 is 0. The fourth-order valence-corrected chi connectivity index (χ4v) is 1.18. The van der Waals surface area contributed by atoms with Crippen molar-refractivity contribution in [2.45, 2.75) is 13.0 Å². The molecule has 15 heavy (non-hydrogen) atoms. The molecular formula is C11H17NO3. The lowest BCUT2D eigenvalue weighted by molar-refractivity contribution is 0.208. The van der Waals surface area contributed by atoms with Crippen LogP contribution in [-0.4, -0.2) is 32.0 Å². The molecule has 1 unspecified atom stereocenters. The van der Waals surface area contributed by atoms with E-state index in [1.807, 2.05) is 12.1 Å². The lowest BCUT2D eigenvalue weighted by atomic mass is 10.2. The summed E-state index contributed by atoms with van der Waals surface area (Å²) < 4.78 is 10.2. The van der Waals surface area contributed by atoms with Crippen molar-refractivity contribution in [1.82, 2.24) is 0 Å². The average molecular weight is 211 g/mol. The van der Waals surface area contributed by atoms with Crippen molar-refractivity contribution in [2.75, 3.05) is 26.1 Å². The number of hydrogen-bond donors (Lipinski definition) is 2. The minimum atomic E-state index is -0.387. The maximum Gasteiger partial charge on any atom is 0.124 e. The smallest absolute Gasteiger partial charge is 0.124 e. The van der Waals surface area contributed by atoms with E-state index in [2.05, 4.69) is 5.32 Å². The first-order valence-corrected chi connectivity index (χ1v) is 4.80. The molecule has 1 rings (SSSR count). The first-order valence-electron chi connectivity index (χ1n) is 4.80.